The monoisotopic (exact) mass is 268 g/mol. The first-order chi connectivity index (χ1) is 8.10. The molecule has 0 aliphatic heterocycles. The van der Waals surface area contributed by atoms with Crippen molar-refractivity contribution in [2.75, 3.05) is 6.61 Å². The first kappa shape index (κ1) is 16.1. The molecule has 0 rings (SSSR count). The molecule has 0 saturated heterocycles. The summed E-state index contributed by atoms with van der Waals surface area (Å²) in [4.78, 5) is 0. The molecule has 0 aromatic carbocycles. The van der Waals surface area contributed by atoms with Crippen LogP contribution < -0.4 is 0 Å². The quantitative estimate of drug-likeness (QED) is 0.483. The molecule has 0 fully saturated rings. The number of ether oxygens (including phenoxy) is 1. The molecule has 0 saturated carbocycles. The molecule has 0 aliphatic rings. The molecule has 92 valence electrons. The zero-order chi connectivity index (χ0) is 13.1. The summed E-state index contributed by atoms with van der Waals surface area (Å²) in [6.45, 7) is 8.41. The Morgan fingerprint density at radius 2 is 2.06 bits per heavy atom. The van der Waals surface area contributed by atoms with Gasteiger partial charge in [0.2, 0.25) is 0 Å². The molecule has 17 heavy (non-hydrogen) atoms. The maximum atomic E-state index is 5.41. The maximum absolute atomic E-state index is 5.41. The van der Waals surface area contributed by atoms with Crippen LogP contribution in [0.1, 0.15) is 33.1 Å². The van der Waals surface area contributed by atoms with Crippen molar-refractivity contribution in [1.82, 2.24) is 0 Å². The third-order valence-corrected chi connectivity index (χ3v) is 2.65. The normalized spacial score (nSPS) is 12.1. The molecule has 0 heterocycles. The van der Waals surface area contributed by atoms with Crippen LogP contribution in [0.5, 0.6) is 0 Å². The summed E-state index contributed by atoms with van der Waals surface area (Å²) in [6, 6.07) is 0. The predicted octanol–water partition coefficient (Wildman–Crippen LogP) is 3.56. The van der Waals surface area contributed by atoms with Gasteiger partial charge in [-0.05, 0) is 0 Å². The van der Waals surface area contributed by atoms with Crippen molar-refractivity contribution in [1.29, 1.82) is 0 Å². The SMILES string of the molecule is C#CC/C=C(\C)CC/C=C(\C)CO[C](=[Cr])C=C. The first-order valence-corrected chi connectivity index (χ1v) is 6.27. The van der Waals surface area contributed by atoms with Crippen LogP contribution in [0.2, 0.25) is 0 Å². The predicted molar refractivity (Wildman–Crippen MR) is 71.4 cm³/mol. The number of hydrogen-bond acceptors (Lipinski definition) is 1. The molecule has 0 amide bonds. The van der Waals surface area contributed by atoms with Crippen molar-refractivity contribution in [3.8, 4) is 12.3 Å². The summed E-state index contributed by atoms with van der Waals surface area (Å²) in [6.07, 6.45) is 14.0. The van der Waals surface area contributed by atoms with E-state index in [1.165, 1.54) is 11.1 Å². The van der Waals surface area contributed by atoms with Crippen molar-refractivity contribution in [3.63, 3.8) is 0 Å². The Balaban J connectivity index is 3.88. The van der Waals surface area contributed by atoms with Crippen molar-refractivity contribution in [3.05, 3.63) is 36.0 Å². The van der Waals surface area contributed by atoms with Gasteiger partial charge in [-0.25, -0.2) is 0 Å². The third kappa shape index (κ3) is 10.0. The fourth-order valence-electron chi connectivity index (χ4n) is 1.18. The van der Waals surface area contributed by atoms with Crippen LogP contribution in [-0.4, -0.2) is 11.2 Å². The second-order valence-electron chi connectivity index (χ2n) is 3.86. The first-order valence-electron chi connectivity index (χ1n) is 5.64. The van der Waals surface area contributed by atoms with E-state index in [-0.39, 0.29) is 0 Å². The molecule has 0 atom stereocenters. The van der Waals surface area contributed by atoms with Crippen LogP contribution >= 0.6 is 0 Å². The van der Waals surface area contributed by atoms with Crippen LogP contribution in [0.4, 0.5) is 0 Å². The van der Waals surface area contributed by atoms with E-state index in [0.29, 0.717) is 6.61 Å². The van der Waals surface area contributed by atoms with E-state index < -0.39 is 0 Å². The van der Waals surface area contributed by atoms with Crippen molar-refractivity contribution in [2.24, 2.45) is 0 Å². The molecule has 1 nitrogen and oxygen atoms in total. The second kappa shape index (κ2) is 10.3. The third-order valence-electron chi connectivity index (χ3n) is 2.21. The van der Waals surface area contributed by atoms with Gasteiger partial charge >= 0.3 is 113 Å². The Morgan fingerprint density at radius 3 is 2.65 bits per heavy atom. The molecule has 0 N–H and O–H groups in total. The molecular weight excluding hydrogens is 248 g/mol. The van der Waals surface area contributed by atoms with Crippen LogP contribution in [0.25, 0.3) is 0 Å². The van der Waals surface area contributed by atoms with Gasteiger partial charge in [-0.3, -0.25) is 0 Å². The summed E-state index contributed by atoms with van der Waals surface area (Å²) >= 11 is 2.80. The minimum atomic E-state index is 0.613. The molecular formula is C15H20CrO. The van der Waals surface area contributed by atoms with Crippen LogP contribution in [0, 0.1) is 12.3 Å². The van der Waals surface area contributed by atoms with E-state index in [9.17, 15) is 0 Å². The zero-order valence-corrected chi connectivity index (χ0v) is 11.9. The standard InChI is InChI=1S/C15H20O.Cr/c1-5-7-9-14(3)10-8-11-15(4)13-16-12-6-2;/h1,6,9,11H,2,7-8,10,13H2,3-4H3;/b14-9+,15-11+;. The van der Waals surface area contributed by atoms with E-state index in [2.05, 4.69) is 54.4 Å². The number of hydrogen-bond donors (Lipinski definition) is 0. The molecule has 0 aliphatic carbocycles. The average Bonchev–Trinajstić information content (AvgIpc) is 2.33. The van der Waals surface area contributed by atoms with Crippen LogP contribution in [-0.2, 0) is 20.6 Å². The van der Waals surface area contributed by atoms with Crippen molar-refractivity contribution >= 4 is 4.57 Å². The van der Waals surface area contributed by atoms with Gasteiger partial charge in [-0.1, -0.05) is 0 Å². The van der Waals surface area contributed by atoms with Gasteiger partial charge in [-0.2, -0.15) is 0 Å². The van der Waals surface area contributed by atoms with Gasteiger partial charge in [0, 0.05) is 0 Å². The average molecular weight is 268 g/mol. The Morgan fingerprint density at radius 1 is 1.35 bits per heavy atom. The van der Waals surface area contributed by atoms with Crippen molar-refractivity contribution in [2.45, 2.75) is 33.1 Å². The molecule has 2 heteroatoms. The van der Waals surface area contributed by atoms with E-state index in [1.54, 1.807) is 6.08 Å². The van der Waals surface area contributed by atoms with Gasteiger partial charge < -0.3 is 0 Å². The summed E-state index contributed by atoms with van der Waals surface area (Å²) in [5.41, 5.74) is 2.57. The van der Waals surface area contributed by atoms with Gasteiger partial charge in [0.25, 0.3) is 0 Å². The molecule has 0 bridgehead atoms. The topological polar surface area (TPSA) is 9.23 Å². The van der Waals surface area contributed by atoms with Crippen molar-refractivity contribution < 1.29 is 20.6 Å². The Hall–Kier alpha value is -0.858. The number of rotatable bonds is 8. The van der Waals surface area contributed by atoms with Gasteiger partial charge in [0.05, 0.1) is 0 Å². The fraction of sp³-hybridized carbons (Fsp3) is 0.400. The Bertz CT molecular complexity index is 356. The van der Waals surface area contributed by atoms with Gasteiger partial charge in [-0.15, -0.1) is 0 Å². The zero-order valence-electron chi connectivity index (χ0n) is 10.7. The molecule has 0 aromatic heterocycles. The summed E-state index contributed by atoms with van der Waals surface area (Å²) in [5.74, 6) is 2.61. The van der Waals surface area contributed by atoms with Gasteiger partial charge in [0.1, 0.15) is 0 Å². The molecule has 0 radical (unpaired) electrons. The molecule has 0 spiro atoms. The van der Waals surface area contributed by atoms with E-state index >= 15 is 0 Å². The minimum absolute atomic E-state index is 0.613. The molecule has 0 unspecified atom stereocenters. The fourth-order valence-corrected chi connectivity index (χ4v) is 1.28. The molecule has 0 aromatic rings. The van der Waals surface area contributed by atoms with E-state index in [0.717, 1.165) is 23.8 Å². The summed E-state index contributed by atoms with van der Waals surface area (Å²) in [7, 11) is 0. The second-order valence-corrected chi connectivity index (χ2v) is 4.49. The van der Waals surface area contributed by atoms with Gasteiger partial charge in [0.15, 0.2) is 0 Å². The van der Waals surface area contributed by atoms with E-state index in [4.69, 9.17) is 11.2 Å². The summed E-state index contributed by atoms with van der Waals surface area (Å²) in [5, 5.41) is 0. The van der Waals surface area contributed by atoms with E-state index in [1.807, 2.05) is 0 Å². The Kier molecular flexibility index (Phi) is 9.79. The number of terminal acetylenes is 1. The number of allylic oxidation sites excluding steroid dienone is 3. The Labute approximate surface area is 113 Å². The van der Waals surface area contributed by atoms with Crippen LogP contribution in [0.3, 0.4) is 0 Å². The summed E-state index contributed by atoms with van der Waals surface area (Å²) < 4.78 is 6.15. The van der Waals surface area contributed by atoms with Crippen LogP contribution in [0.15, 0.2) is 36.0 Å².